The summed E-state index contributed by atoms with van der Waals surface area (Å²) in [6.45, 7) is 1.11. The number of carbonyl (C=O) groups is 1. The van der Waals surface area contributed by atoms with Gasteiger partial charge in [-0.05, 0) is 55.3 Å². The Labute approximate surface area is 175 Å². The molecule has 0 radical (unpaired) electrons. The lowest BCUT2D eigenvalue weighted by Crippen LogP contribution is -2.27. The van der Waals surface area contributed by atoms with Crippen LogP contribution in [-0.2, 0) is 14.8 Å². The molecule has 2 heterocycles. The second kappa shape index (κ2) is 8.33. The number of hydrogen-bond acceptors (Lipinski definition) is 5. The lowest BCUT2D eigenvalue weighted by atomic mass is 10.2. The fourth-order valence-electron chi connectivity index (χ4n) is 3.43. The number of nitrogens with one attached hydrogen (secondary N) is 1. The molecular weight excluding hydrogens is 404 g/mol. The molecular formula is C22H22N2O5S. The van der Waals surface area contributed by atoms with E-state index in [4.69, 9.17) is 9.15 Å². The average Bonchev–Trinajstić information content (AvgIpc) is 3.42. The van der Waals surface area contributed by atoms with Gasteiger partial charge in [-0.3, -0.25) is 4.79 Å². The van der Waals surface area contributed by atoms with Crippen LogP contribution in [0.3, 0.4) is 0 Å². The van der Waals surface area contributed by atoms with E-state index in [9.17, 15) is 13.2 Å². The molecule has 0 unspecified atom stereocenters. The molecule has 7 nitrogen and oxygen atoms in total. The van der Waals surface area contributed by atoms with Crippen LogP contribution in [0.5, 0.6) is 5.75 Å². The van der Waals surface area contributed by atoms with E-state index in [2.05, 4.69) is 5.32 Å². The van der Waals surface area contributed by atoms with E-state index < -0.39 is 10.0 Å². The maximum absolute atomic E-state index is 12.6. The van der Waals surface area contributed by atoms with Crippen molar-refractivity contribution >= 4 is 38.7 Å². The van der Waals surface area contributed by atoms with E-state index in [-0.39, 0.29) is 10.8 Å². The number of furan rings is 1. The van der Waals surface area contributed by atoms with Crippen LogP contribution in [-0.4, -0.2) is 38.8 Å². The third-order valence-corrected chi connectivity index (χ3v) is 6.88. The van der Waals surface area contributed by atoms with E-state index in [1.807, 2.05) is 18.2 Å². The van der Waals surface area contributed by atoms with Crippen molar-refractivity contribution in [2.24, 2.45) is 0 Å². The minimum absolute atomic E-state index is 0.231. The Bertz CT molecular complexity index is 1190. The summed E-state index contributed by atoms with van der Waals surface area (Å²) in [5.41, 5.74) is 1.13. The molecule has 1 fully saturated rings. The number of ether oxygens (including phenoxy) is 1. The third kappa shape index (κ3) is 4.10. The third-order valence-electron chi connectivity index (χ3n) is 4.97. The molecule has 0 atom stereocenters. The number of amides is 1. The number of nitrogens with zero attached hydrogens (tertiary/aromatic N) is 1. The van der Waals surface area contributed by atoms with E-state index in [0.29, 0.717) is 35.9 Å². The van der Waals surface area contributed by atoms with Crippen molar-refractivity contribution in [2.45, 2.75) is 17.7 Å². The van der Waals surface area contributed by atoms with Crippen molar-refractivity contribution in [3.05, 3.63) is 60.4 Å². The lowest BCUT2D eigenvalue weighted by Gasteiger charge is -2.15. The first-order chi connectivity index (χ1) is 14.5. The summed E-state index contributed by atoms with van der Waals surface area (Å²) < 4.78 is 37.6. The topological polar surface area (TPSA) is 88.8 Å². The van der Waals surface area contributed by atoms with Crippen LogP contribution >= 0.6 is 0 Å². The van der Waals surface area contributed by atoms with Gasteiger partial charge in [-0.15, -0.1) is 0 Å². The fourth-order valence-corrected chi connectivity index (χ4v) is 4.95. The maximum Gasteiger partial charge on any atom is 0.248 e. The zero-order chi connectivity index (χ0) is 21.1. The SMILES string of the molecule is COc1cccc2cc(C=CC(=O)Nc3ccc(S(=O)(=O)N4CCCC4)cc3)oc12. The summed E-state index contributed by atoms with van der Waals surface area (Å²) in [6.07, 6.45) is 4.70. The number of fused-ring (bicyclic) bond motifs is 1. The van der Waals surface area contributed by atoms with Crippen molar-refractivity contribution in [1.82, 2.24) is 4.31 Å². The van der Waals surface area contributed by atoms with Crippen molar-refractivity contribution < 1.29 is 22.4 Å². The number of hydrogen-bond donors (Lipinski definition) is 1. The van der Waals surface area contributed by atoms with Gasteiger partial charge in [0, 0.05) is 30.2 Å². The number of anilines is 1. The molecule has 1 saturated heterocycles. The first-order valence-electron chi connectivity index (χ1n) is 9.63. The highest BCUT2D eigenvalue weighted by Crippen LogP contribution is 2.29. The smallest absolute Gasteiger partial charge is 0.248 e. The van der Waals surface area contributed by atoms with Gasteiger partial charge in [-0.1, -0.05) is 12.1 Å². The summed E-state index contributed by atoms with van der Waals surface area (Å²) in [4.78, 5) is 12.5. The molecule has 8 heteroatoms. The van der Waals surface area contributed by atoms with E-state index >= 15 is 0 Å². The minimum Gasteiger partial charge on any atom is -0.493 e. The Balaban J connectivity index is 1.43. The molecule has 1 amide bonds. The second-order valence-electron chi connectivity index (χ2n) is 6.99. The van der Waals surface area contributed by atoms with Gasteiger partial charge >= 0.3 is 0 Å². The number of rotatable bonds is 6. The van der Waals surface area contributed by atoms with Crippen LogP contribution in [0.4, 0.5) is 5.69 Å². The Hall–Kier alpha value is -3.10. The van der Waals surface area contributed by atoms with Gasteiger partial charge in [0.1, 0.15) is 5.76 Å². The zero-order valence-corrected chi connectivity index (χ0v) is 17.3. The monoisotopic (exact) mass is 426 g/mol. The highest BCUT2D eigenvalue weighted by Gasteiger charge is 2.26. The van der Waals surface area contributed by atoms with Gasteiger partial charge in [-0.25, -0.2) is 8.42 Å². The van der Waals surface area contributed by atoms with Crippen molar-refractivity contribution in [1.29, 1.82) is 0 Å². The Kier molecular flexibility index (Phi) is 5.61. The summed E-state index contributed by atoms with van der Waals surface area (Å²) in [7, 11) is -1.89. The van der Waals surface area contributed by atoms with Crippen LogP contribution in [0.2, 0.25) is 0 Å². The normalized spacial score (nSPS) is 15.1. The van der Waals surface area contributed by atoms with Crippen molar-refractivity contribution in [2.75, 3.05) is 25.5 Å². The Morgan fingerprint density at radius 1 is 1.13 bits per heavy atom. The van der Waals surface area contributed by atoms with Crippen LogP contribution in [0.1, 0.15) is 18.6 Å². The van der Waals surface area contributed by atoms with Gasteiger partial charge in [0.2, 0.25) is 15.9 Å². The first kappa shape index (κ1) is 20.2. The summed E-state index contributed by atoms with van der Waals surface area (Å²) in [6, 6.07) is 13.6. The Morgan fingerprint density at radius 2 is 1.87 bits per heavy atom. The molecule has 1 aliphatic rings. The minimum atomic E-state index is -3.46. The molecule has 1 aromatic heterocycles. The van der Waals surface area contributed by atoms with E-state index in [1.54, 1.807) is 31.4 Å². The van der Waals surface area contributed by atoms with Crippen LogP contribution in [0, 0.1) is 0 Å². The predicted octanol–water partition coefficient (Wildman–Crippen LogP) is 3.88. The summed E-state index contributed by atoms with van der Waals surface area (Å²) >= 11 is 0. The number of para-hydroxylation sites is 1. The van der Waals surface area contributed by atoms with Crippen LogP contribution in [0.15, 0.2) is 63.9 Å². The summed E-state index contributed by atoms with van der Waals surface area (Å²) in [5.74, 6) is 0.801. The molecule has 2 aromatic carbocycles. The van der Waals surface area contributed by atoms with E-state index in [0.717, 1.165) is 18.2 Å². The van der Waals surface area contributed by atoms with Gasteiger partial charge in [0.25, 0.3) is 0 Å². The van der Waals surface area contributed by atoms with Gasteiger partial charge < -0.3 is 14.5 Å². The largest absolute Gasteiger partial charge is 0.493 e. The molecule has 0 aliphatic carbocycles. The Morgan fingerprint density at radius 3 is 2.57 bits per heavy atom. The fraction of sp³-hybridized carbons (Fsp3) is 0.227. The standard InChI is InChI=1S/C22H22N2O5S/c1-28-20-6-4-5-16-15-18(29-22(16)20)9-12-21(25)23-17-7-10-19(11-8-17)30(26,27)24-13-2-3-14-24/h4-12,15H,2-3,13-14H2,1H3,(H,23,25). The second-order valence-corrected chi connectivity index (χ2v) is 8.92. The molecule has 1 aliphatic heterocycles. The van der Waals surface area contributed by atoms with E-state index in [1.165, 1.54) is 22.5 Å². The number of carbonyl (C=O) groups excluding carboxylic acids is 1. The van der Waals surface area contributed by atoms with Gasteiger partial charge in [0.05, 0.1) is 12.0 Å². The van der Waals surface area contributed by atoms with Gasteiger partial charge in [0.15, 0.2) is 11.3 Å². The highest BCUT2D eigenvalue weighted by molar-refractivity contribution is 7.89. The van der Waals surface area contributed by atoms with Crippen molar-refractivity contribution in [3.8, 4) is 5.75 Å². The lowest BCUT2D eigenvalue weighted by molar-refractivity contribution is -0.111. The molecule has 3 aromatic rings. The molecule has 30 heavy (non-hydrogen) atoms. The maximum atomic E-state index is 12.6. The van der Waals surface area contributed by atoms with Crippen LogP contribution in [0.25, 0.3) is 17.0 Å². The zero-order valence-electron chi connectivity index (χ0n) is 16.5. The number of methoxy groups -OCH3 is 1. The molecule has 0 spiro atoms. The number of sulfonamides is 1. The molecule has 156 valence electrons. The molecule has 4 rings (SSSR count). The van der Waals surface area contributed by atoms with Gasteiger partial charge in [-0.2, -0.15) is 4.31 Å². The predicted molar refractivity (Wildman–Crippen MR) is 115 cm³/mol. The highest BCUT2D eigenvalue weighted by atomic mass is 32.2. The number of benzene rings is 2. The van der Waals surface area contributed by atoms with Crippen molar-refractivity contribution in [3.63, 3.8) is 0 Å². The molecule has 1 N–H and O–H groups in total. The summed E-state index contributed by atoms with van der Waals surface area (Å²) in [5, 5.41) is 3.60. The molecule has 0 bridgehead atoms. The molecule has 0 saturated carbocycles. The quantitative estimate of drug-likeness (QED) is 0.605. The first-order valence-corrected chi connectivity index (χ1v) is 11.1. The average molecular weight is 426 g/mol. The van der Waals surface area contributed by atoms with Crippen LogP contribution < -0.4 is 10.1 Å².